The fraction of sp³-hybridized carbons (Fsp3) is 0.444. The summed E-state index contributed by atoms with van der Waals surface area (Å²) in [5.41, 5.74) is 0.685. The monoisotopic (exact) mass is 246 g/mol. The van der Waals surface area contributed by atoms with Crippen molar-refractivity contribution in [3.63, 3.8) is 0 Å². The smallest absolute Gasteiger partial charge is 0.205 e. The van der Waals surface area contributed by atoms with Crippen molar-refractivity contribution < 1.29 is 8.42 Å². The number of nitrogens with zero attached hydrogens (tertiary/aromatic N) is 1. The first-order chi connectivity index (χ1) is 7.05. The molecule has 0 saturated carbocycles. The van der Waals surface area contributed by atoms with Crippen LogP contribution >= 0.6 is 11.3 Å². The summed E-state index contributed by atoms with van der Waals surface area (Å²) in [6, 6.07) is 3.80. The molecule has 6 heteroatoms. The van der Waals surface area contributed by atoms with Crippen LogP contribution in [0.4, 0.5) is 0 Å². The Morgan fingerprint density at radius 2 is 2.33 bits per heavy atom. The minimum atomic E-state index is -3.25. The molecular formula is C9H14N2O2S2. The summed E-state index contributed by atoms with van der Waals surface area (Å²) < 4.78 is 22.6. The molecule has 0 aliphatic heterocycles. The third-order valence-electron chi connectivity index (χ3n) is 1.70. The molecule has 0 fully saturated rings. The predicted octanol–water partition coefficient (Wildman–Crippen LogP) is 1.80. The van der Waals surface area contributed by atoms with Crippen molar-refractivity contribution in [1.82, 2.24) is 4.83 Å². The van der Waals surface area contributed by atoms with Gasteiger partial charge in [0.2, 0.25) is 10.0 Å². The van der Waals surface area contributed by atoms with Crippen LogP contribution in [-0.2, 0) is 10.0 Å². The summed E-state index contributed by atoms with van der Waals surface area (Å²) in [7, 11) is -3.25. The first-order valence-corrected chi connectivity index (χ1v) is 7.16. The highest BCUT2D eigenvalue weighted by Gasteiger charge is 2.06. The lowest BCUT2D eigenvalue weighted by Gasteiger charge is -2.02. The van der Waals surface area contributed by atoms with E-state index in [2.05, 4.69) is 9.93 Å². The molecule has 0 aliphatic rings. The second-order valence-electron chi connectivity index (χ2n) is 3.08. The second-order valence-corrected chi connectivity index (χ2v) is 5.85. The van der Waals surface area contributed by atoms with Crippen LogP contribution in [0.2, 0.25) is 0 Å². The molecule has 1 aromatic heterocycles. The molecule has 1 N–H and O–H groups in total. The van der Waals surface area contributed by atoms with Crippen LogP contribution in [-0.4, -0.2) is 19.9 Å². The summed E-state index contributed by atoms with van der Waals surface area (Å²) in [4.78, 5) is 3.18. The Kier molecular flexibility index (Phi) is 4.28. The van der Waals surface area contributed by atoms with E-state index in [-0.39, 0.29) is 5.75 Å². The summed E-state index contributed by atoms with van der Waals surface area (Å²) in [5, 5.41) is 5.77. The van der Waals surface area contributed by atoms with Gasteiger partial charge >= 0.3 is 0 Å². The van der Waals surface area contributed by atoms with Crippen LogP contribution in [0.3, 0.4) is 0 Å². The highest BCUT2D eigenvalue weighted by Crippen LogP contribution is 2.09. The summed E-state index contributed by atoms with van der Waals surface area (Å²) in [5.74, 6) is 0.105. The van der Waals surface area contributed by atoms with Crippen LogP contribution < -0.4 is 4.83 Å². The van der Waals surface area contributed by atoms with Gasteiger partial charge in [-0.1, -0.05) is 13.0 Å². The van der Waals surface area contributed by atoms with Crippen LogP contribution in [0, 0.1) is 0 Å². The SMILES string of the molecule is CCCS(=O)(=O)N/N=C(\C)c1cccs1. The second kappa shape index (κ2) is 5.27. The summed E-state index contributed by atoms with van der Waals surface area (Å²) >= 11 is 1.53. The molecule has 0 unspecified atom stereocenters. The molecule has 0 saturated heterocycles. The number of hydrogen-bond donors (Lipinski definition) is 1. The maximum absolute atomic E-state index is 11.3. The van der Waals surface area contributed by atoms with E-state index >= 15 is 0 Å². The Morgan fingerprint density at radius 1 is 1.60 bits per heavy atom. The van der Waals surface area contributed by atoms with Gasteiger partial charge in [0.05, 0.1) is 16.3 Å². The number of thiophene rings is 1. The van der Waals surface area contributed by atoms with E-state index in [9.17, 15) is 8.42 Å². The van der Waals surface area contributed by atoms with Crippen molar-refractivity contribution in [1.29, 1.82) is 0 Å². The van der Waals surface area contributed by atoms with Gasteiger partial charge in [-0.25, -0.2) is 13.2 Å². The quantitative estimate of drug-likeness (QED) is 0.636. The fourth-order valence-electron chi connectivity index (χ4n) is 0.992. The molecule has 0 spiro atoms. The Labute approximate surface area is 94.1 Å². The zero-order chi connectivity index (χ0) is 11.3. The number of hydrazone groups is 1. The number of sulfonamides is 1. The molecule has 1 rings (SSSR count). The van der Waals surface area contributed by atoms with E-state index in [4.69, 9.17) is 0 Å². The van der Waals surface area contributed by atoms with Crippen molar-refractivity contribution in [3.8, 4) is 0 Å². The lowest BCUT2D eigenvalue weighted by Crippen LogP contribution is -2.22. The Hall–Kier alpha value is -0.880. The number of hydrogen-bond acceptors (Lipinski definition) is 4. The highest BCUT2D eigenvalue weighted by molar-refractivity contribution is 7.89. The first-order valence-electron chi connectivity index (χ1n) is 4.63. The first kappa shape index (κ1) is 12.2. The molecule has 0 aromatic carbocycles. The van der Waals surface area contributed by atoms with E-state index in [0.717, 1.165) is 4.88 Å². The molecule has 0 amide bonds. The van der Waals surface area contributed by atoms with E-state index in [0.29, 0.717) is 12.1 Å². The van der Waals surface area contributed by atoms with Gasteiger partial charge < -0.3 is 0 Å². The minimum absolute atomic E-state index is 0.105. The van der Waals surface area contributed by atoms with Gasteiger partial charge in [0.25, 0.3) is 0 Å². The minimum Gasteiger partial charge on any atom is -0.205 e. The van der Waals surface area contributed by atoms with Gasteiger partial charge in [-0.2, -0.15) is 5.10 Å². The molecule has 0 radical (unpaired) electrons. The van der Waals surface area contributed by atoms with Crippen LogP contribution in [0.25, 0.3) is 0 Å². The van der Waals surface area contributed by atoms with Crippen molar-refractivity contribution in [3.05, 3.63) is 22.4 Å². The van der Waals surface area contributed by atoms with E-state index < -0.39 is 10.0 Å². The maximum atomic E-state index is 11.3. The molecule has 84 valence electrons. The molecule has 1 aromatic rings. The Balaban J connectivity index is 2.66. The van der Waals surface area contributed by atoms with Crippen LogP contribution in [0.15, 0.2) is 22.6 Å². The van der Waals surface area contributed by atoms with Crippen molar-refractivity contribution in [2.45, 2.75) is 20.3 Å². The summed E-state index contributed by atoms with van der Waals surface area (Å²) in [6.45, 7) is 3.59. The molecule has 0 atom stereocenters. The average Bonchev–Trinajstić information content (AvgIpc) is 2.67. The Bertz CT molecular complexity index is 421. The topological polar surface area (TPSA) is 58.5 Å². The lowest BCUT2D eigenvalue weighted by atomic mass is 10.3. The molecule has 0 bridgehead atoms. The maximum Gasteiger partial charge on any atom is 0.247 e. The number of nitrogens with one attached hydrogen (secondary N) is 1. The van der Waals surface area contributed by atoms with Gasteiger partial charge in [-0.05, 0) is 24.8 Å². The highest BCUT2D eigenvalue weighted by atomic mass is 32.2. The largest absolute Gasteiger partial charge is 0.247 e. The van der Waals surface area contributed by atoms with Crippen molar-refractivity contribution >= 4 is 27.1 Å². The predicted molar refractivity (Wildman–Crippen MR) is 63.7 cm³/mol. The molecule has 15 heavy (non-hydrogen) atoms. The lowest BCUT2D eigenvalue weighted by molar-refractivity contribution is 0.583. The van der Waals surface area contributed by atoms with Gasteiger partial charge in [0.15, 0.2) is 0 Å². The zero-order valence-electron chi connectivity index (χ0n) is 8.73. The van der Waals surface area contributed by atoms with Crippen molar-refractivity contribution in [2.75, 3.05) is 5.75 Å². The molecule has 0 aliphatic carbocycles. The third kappa shape index (κ3) is 4.01. The van der Waals surface area contributed by atoms with E-state index in [1.807, 2.05) is 24.4 Å². The number of rotatable bonds is 5. The van der Waals surface area contributed by atoms with Gasteiger partial charge in [-0.3, -0.25) is 0 Å². The third-order valence-corrected chi connectivity index (χ3v) is 4.00. The van der Waals surface area contributed by atoms with Gasteiger partial charge in [0.1, 0.15) is 0 Å². The van der Waals surface area contributed by atoms with Gasteiger partial charge in [-0.15, -0.1) is 11.3 Å². The molecular weight excluding hydrogens is 232 g/mol. The van der Waals surface area contributed by atoms with E-state index in [1.54, 1.807) is 6.92 Å². The molecule has 4 nitrogen and oxygen atoms in total. The average molecular weight is 246 g/mol. The van der Waals surface area contributed by atoms with Crippen LogP contribution in [0.5, 0.6) is 0 Å². The fourth-order valence-corrected chi connectivity index (χ4v) is 2.57. The van der Waals surface area contributed by atoms with Crippen LogP contribution in [0.1, 0.15) is 25.1 Å². The summed E-state index contributed by atoms with van der Waals surface area (Å²) in [6.07, 6.45) is 0.586. The standard InChI is InChI=1S/C9H14N2O2S2/c1-3-7-15(12,13)11-10-8(2)9-5-4-6-14-9/h4-6,11H,3,7H2,1-2H3/b10-8+. The zero-order valence-corrected chi connectivity index (χ0v) is 10.4. The molecule has 1 heterocycles. The van der Waals surface area contributed by atoms with E-state index in [1.165, 1.54) is 11.3 Å². The normalized spacial score (nSPS) is 12.8. The Morgan fingerprint density at radius 3 is 2.87 bits per heavy atom. The van der Waals surface area contributed by atoms with Crippen molar-refractivity contribution in [2.24, 2.45) is 5.10 Å². The van der Waals surface area contributed by atoms with Gasteiger partial charge in [0, 0.05) is 0 Å².